The first kappa shape index (κ1) is 34.0. The van der Waals surface area contributed by atoms with Crippen molar-refractivity contribution in [3.05, 3.63) is 83.7 Å². The molecular formula is C34H45FN2O6. The molecule has 0 saturated carbocycles. The van der Waals surface area contributed by atoms with Crippen LogP contribution in [0.5, 0.6) is 11.5 Å². The second-order valence-electron chi connectivity index (χ2n) is 10.9. The monoisotopic (exact) mass is 596 g/mol. The number of benzene rings is 3. The van der Waals surface area contributed by atoms with Crippen molar-refractivity contribution in [2.45, 2.75) is 52.0 Å². The number of aliphatic hydroxyl groups excluding tert-OH is 1. The molecule has 234 valence electrons. The normalized spacial score (nSPS) is 13.4. The number of ether oxygens (including phenoxy) is 4. The van der Waals surface area contributed by atoms with Crippen LogP contribution in [0.25, 0.3) is 11.1 Å². The van der Waals surface area contributed by atoms with E-state index in [1.165, 1.54) is 12.1 Å². The molecule has 9 heteroatoms. The van der Waals surface area contributed by atoms with Gasteiger partial charge in [-0.3, -0.25) is 4.79 Å². The quantitative estimate of drug-likeness (QED) is 0.175. The van der Waals surface area contributed by atoms with E-state index in [0.29, 0.717) is 25.5 Å². The van der Waals surface area contributed by atoms with Crippen molar-refractivity contribution in [3.63, 3.8) is 0 Å². The van der Waals surface area contributed by atoms with Crippen molar-refractivity contribution in [1.82, 2.24) is 5.32 Å². The minimum atomic E-state index is -0.917. The van der Waals surface area contributed by atoms with E-state index in [4.69, 9.17) is 24.7 Å². The van der Waals surface area contributed by atoms with Crippen LogP contribution in [0, 0.1) is 17.7 Å². The summed E-state index contributed by atoms with van der Waals surface area (Å²) in [6.07, 6.45) is 0.0336. The van der Waals surface area contributed by atoms with Gasteiger partial charge in [-0.25, -0.2) is 4.39 Å². The van der Waals surface area contributed by atoms with Crippen LogP contribution in [0.15, 0.2) is 66.7 Å². The molecule has 3 aromatic rings. The molecule has 3 rings (SSSR count). The number of amides is 1. The number of nitrogens with two attached hydrogens (primary N) is 1. The highest BCUT2D eigenvalue weighted by atomic mass is 19.1. The van der Waals surface area contributed by atoms with E-state index in [1.807, 2.05) is 56.3 Å². The van der Waals surface area contributed by atoms with Gasteiger partial charge in [0.25, 0.3) is 0 Å². The highest BCUT2D eigenvalue weighted by Crippen LogP contribution is 2.32. The Bertz CT molecular complexity index is 1250. The van der Waals surface area contributed by atoms with Crippen molar-refractivity contribution >= 4 is 5.91 Å². The number of hydrogen-bond acceptors (Lipinski definition) is 7. The van der Waals surface area contributed by atoms with Crippen molar-refractivity contribution in [1.29, 1.82) is 0 Å². The molecule has 3 aromatic carbocycles. The fourth-order valence-electron chi connectivity index (χ4n) is 4.63. The van der Waals surface area contributed by atoms with E-state index >= 15 is 0 Å². The van der Waals surface area contributed by atoms with Crippen LogP contribution >= 0.6 is 0 Å². The molecule has 3 unspecified atom stereocenters. The van der Waals surface area contributed by atoms with Gasteiger partial charge in [-0.05, 0) is 59.4 Å². The Morgan fingerprint density at radius 3 is 2.33 bits per heavy atom. The highest BCUT2D eigenvalue weighted by Gasteiger charge is 2.28. The smallest absolute Gasteiger partial charge is 0.223 e. The molecule has 0 bridgehead atoms. The standard InChI is InChI=1S/C34H45FN2O6/c1-23(2)30(34(39)37-20-24-6-13-28(41-4)14-7-24)19-32(38)31(36)22-42-21-25-8-15-29(26-9-11-27(35)12-10-26)33(18-25)43-17-5-16-40-3/h6-15,18,23,30-32,38H,5,16-17,19-22,36H2,1-4H3,(H,37,39). The van der Waals surface area contributed by atoms with Crippen molar-refractivity contribution in [2.75, 3.05) is 34.0 Å². The van der Waals surface area contributed by atoms with Gasteiger partial charge in [0.05, 0.1) is 39.1 Å². The maximum absolute atomic E-state index is 13.5. The predicted octanol–water partition coefficient (Wildman–Crippen LogP) is 5.10. The third-order valence-corrected chi connectivity index (χ3v) is 7.29. The third-order valence-electron chi connectivity index (χ3n) is 7.29. The average molecular weight is 597 g/mol. The minimum Gasteiger partial charge on any atom is -0.497 e. The van der Waals surface area contributed by atoms with E-state index in [9.17, 15) is 14.3 Å². The zero-order valence-electron chi connectivity index (χ0n) is 25.6. The van der Waals surface area contributed by atoms with Gasteiger partial charge < -0.3 is 35.1 Å². The molecule has 8 nitrogen and oxygen atoms in total. The summed E-state index contributed by atoms with van der Waals surface area (Å²) in [5.41, 5.74) is 9.78. The van der Waals surface area contributed by atoms with E-state index in [0.717, 1.165) is 34.4 Å². The van der Waals surface area contributed by atoms with Crippen molar-refractivity contribution in [3.8, 4) is 22.6 Å². The maximum Gasteiger partial charge on any atom is 0.223 e. The van der Waals surface area contributed by atoms with Crippen LogP contribution in [0.3, 0.4) is 0 Å². The molecule has 1 amide bonds. The number of carbonyl (C=O) groups is 1. The number of halogens is 1. The largest absolute Gasteiger partial charge is 0.497 e. The molecule has 0 aliphatic heterocycles. The molecule has 0 saturated heterocycles. The fraction of sp³-hybridized carbons (Fsp3) is 0.441. The number of methoxy groups -OCH3 is 2. The Morgan fingerprint density at radius 1 is 0.977 bits per heavy atom. The van der Waals surface area contributed by atoms with Gasteiger partial charge >= 0.3 is 0 Å². The lowest BCUT2D eigenvalue weighted by molar-refractivity contribution is -0.128. The first-order valence-corrected chi connectivity index (χ1v) is 14.6. The highest BCUT2D eigenvalue weighted by molar-refractivity contribution is 5.79. The van der Waals surface area contributed by atoms with Gasteiger partial charge in [0, 0.05) is 38.2 Å². The number of aliphatic hydroxyl groups is 1. The fourth-order valence-corrected chi connectivity index (χ4v) is 4.63. The first-order chi connectivity index (χ1) is 20.7. The Morgan fingerprint density at radius 2 is 1.67 bits per heavy atom. The van der Waals surface area contributed by atoms with Crippen LogP contribution in [0.2, 0.25) is 0 Å². The number of hydrogen-bond donors (Lipinski definition) is 3. The van der Waals surface area contributed by atoms with Gasteiger partial charge in [0.2, 0.25) is 5.91 Å². The summed E-state index contributed by atoms with van der Waals surface area (Å²) >= 11 is 0. The van der Waals surface area contributed by atoms with Crippen LogP contribution in [-0.4, -0.2) is 57.2 Å². The second-order valence-corrected chi connectivity index (χ2v) is 10.9. The van der Waals surface area contributed by atoms with Crippen molar-refractivity contribution in [2.24, 2.45) is 17.6 Å². The molecule has 0 radical (unpaired) electrons. The summed E-state index contributed by atoms with van der Waals surface area (Å²) in [6, 6.07) is 18.8. The molecule has 43 heavy (non-hydrogen) atoms. The molecule has 0 spiro atoms. The minimum absolute atomic E-state index is 0.0144. The van der Waals surface area contributed by atoms with Gasteiger partial charge in [-0.2, -0.15) is 0 Å². The van der Waals surface area contributed by atoms with Crippen LogP contribution in [-0.2, 0) is 27.4 Å². The summed E-state index contributed by atoms with van der Waals surface area (Å²) < 4.78 is 35.7. The van der Waals surface area contributed by atoms with E-state index in [1.54, 1.807) is 26.4 Å². The van der Waals surface area contributed by atoms with Gasteiger partial charge in [0.1, 0.15) is 17.3 Å². The number of carbonyl (C=O) groups excluding carboxylic acids is 1. The van der Waals surface area contributed by atoms with Gasteiger partial charge in [0.15, 0.2) is 0 Å². The van der Waals surface area contributed by atoms with Gasteiger partial charge in [-0.15, -0.1) is 0 Å². The first-order valence-electron chi connectivity index (χ1n) is 14.6. The lowest BCUT2D eigenvalue weighted by Crippen LogP contribution is -2.43. The van der Waals surface area contributed by atoms with Crippen LogP contribution in [0.1, 0.15) is 37.8 Å². The summed E-state index contributed by atoms with van der Waals surface area (Å²) in [4.78, 5) is 13.0. The van der Waals surface area contributed by atoms with E-state index in [-0.39, 0.29) is 37.3 Å². The summed E-state index contributed by atoms with van der Waals surface area (Å²) in [7, 11) is 3.25. The molecule has 0 aliphatic carbocycles. The summed E-state index contributed by atoms with van der Waals surface area (Å²) in [5.74, 6) is 0.592. The SMILES string of the molecule is COCCCOc1cc(COCC(N)C(O)CC(C(=O)NCc2ccc(OC)cc2)C(C)C)ccc1-c1ccc(F)cc1. The number of nitrogens with one attached hydrogen (secondary N) is 1. The summed E-state index contributed by atoms with van der Waals surface area (Å²) in [5, 5.41) is 13.8. The third kappa shape index (κ3) is 10.9. The zero-order chi connectivity index (χ0) is 31.2. The Balaban J connectivity index is 1.54. The molecule has 0 heterocycles. The van der Waals surface area contributed by atoms with Gasteiger partial charge in [-0.1, -0.05) is 50.2 Å². The molecular weight excluding hydrogens is 551 g/mol. The molecule has 3 atom stereocenters. The molecule has 0 fully saturated rings. The Kier molecular flexibility index (Phi) is 13.9. The van der Waals surface area contributed by atoms with Crippen LogP contribution in [0.4, 0.5) is 4.39 Å². The molecule has 0 aliphatic rings. The predicted molar refractivity (Wildman–Crippen MR) is 165 cm³/mol. The molecule has 0 aromatic heterocycles. The molecule has 4 N–H and O–H groups in total. The lowest BCUT2D eigenvalue weighted by Gasteiger charge is -2.26. The van der Waals surface area contributed by atoms with Crippen LogP contribution < -0.4 is 20.5 Å². The Labute approximate surface area is 254 Å². The average Bonchev–Trinajstić information content (AvgIpc) is 3.01. The zero-order valence-corrected chi connectivity index (χ0v) is 25.6. The lowest BCUT2D eigenvalue weighted by atomic mass is 9.87. The van der Waals surface area contributed by atoms with E-state index < -0.39 is 18.1 Å². The Hall–Kier alpha value is -3.50. The topological polar surface area (TPSA) is 112 Å². The number of rotatable bonds is 18. The van der Waals surface area contributed by atoms with Crippen molar-refractivity contribution < 1.29 is 33.2 Å². The summed E-state index contributed by atoms with van der Waals surface area (Å²) in [6.45, 7) is 5.71. The second kappa shape index (κ2) is 17.6. The maximum atomic E-state index is 13.5. The van der Waals surface area contributed by atoms with E-state index in [2.05, 4.69) is 5.32 Å².